The maximum absolute atomic E-state index is 11.9. The summed E-state index contributed by atoms with van der Waals surface area (Å²) in [6.07, 6.45) is 0. The first-order valence-electron chi connectivity index (χ1n) is 5.50. The lowest BCUT2D eigenvalue weighted by molar-refractivity contribution is 0.0951. The molecule has 4 nitrogen and oxygen atoms in total. The van der Waals surface area contributed by atoms with Gasteiger partial charge in [-0.15, -0.1) is 11.3 Å². The van der Waals surface area contributed by atoms with E-state index in [0.29, 0.717) is 12.1 Å². The van der Waals surface area contributed by atoms with Crippen LogP contribution in [0.4, 0.5) is 0 Å². The van der Waals surface area contributed by atoms with E-state index in [1.165, 1.54) is 11.3 Å². The molecule has 0 saturated carbocycles. The van der Waals surface area contributed by atoms with Gasteiger partial charge in [-0.3, -0.25) is 9.48 Å². The van der Waals surface area contributed by atoms with Crippen LogP contribution < -0.4 is 5.32 Å². The number of aromatic nitrogens is 2. The van der Waals surface area contributed by atoms with E-state index in [4.69, 9.17) is 0 Å². The predicted octanol–water partition coefficient (Wildman–Crippen LogP) is 2.79. The van der Waals surface area contributed by atoms with Crippen molar-refractivity contribution in [2.45, 2.75) is 20.4 Å². The second-order valence-electron chi connectivity index (χ2n) is 4.10. The largest absolute Gasteiger partial charge is 0.348 e. The monoisotopic (exact) mass is 327 g/mol. The van der Waals surface area contributed by atoms with Crippen LogP contribution in [0.5, 0.6) is 0 Å². The third-order valence-electron chi connectivity index (χ3n) is 2.91. The van der Waals surface area contributed by atoms with Crippen molar-refractivity contribution >= 4 is 33.2 Å². The first kappa shape index (κ1) is 13.3. The molecule has 6 heteroatoms. The van der Waals surface area contributed by atoms with Gasteiger partial charge in [0.05, 0.1) is 15.0 Å². The number of thiophene rings is 1. The Hall–Kier alpha value is -1.14. The molecule has 0 fully saturated rings. The number of nitrogens with zero attached hydrogens (tertiary/aromatic N) is 2. The van der Waals surface area contributed by atoms with E-state index in [0.717, 1.165) is 20.7 Å². The highest BCUT2D eigenvalue weighted by Gasteiger charge is 2.12. The summed E-state index contributed by atoms with van der Waals surface area (Å²) < 4.78 is 2.79. The van der Waals surface area contributed by atoms with Gasteiger partial charge >= 0.3 is 0 Å². The summed E-state index contributed by atoms with van der Waals surface area (Å²) in [4.78, 5) is 11.9. The predicted molar refractivity (Wildman–Crippen MR) is 75.9 cm³/mol. The molecular weight excluding hydrogens is 314 g/mol. The number of hydrogen-bond acceptors (Lipinski definition) is 3. The van der Waals surface area contributed by atoms with Crippen LogP contribution in [0.3, 0.4) is 0 Å². The van der Waals surface area contributed by atoms with Crippen molar-refractivity contribution in [3.05, 3.63) is 37.7 Å². The van der Waals surface area contributed by atoms with E-state index < -0.39 is 0 Å². The second-order valence-corrected chi connectivity index (χ2v) is 6.39. The lowest BCUT2D eigenvalue weighted by Crippen LogP contribution is -2.22. The molecular formula is C12H14BrN3OS. The number of nitrogens with one attached hydrogen (secondary N) is 1. The summed E-state index contributed by atoms with van der Waals surface area (Å²) >= 11 is 4.85. The fraction of sp³-hybridized carbons (Fsp3) is 0.333. The van der Waals surface area contributed by atoms with Crippen molar-refractivity contribution < 1.29 is 4.79 Å². The molecule has 0 bridgehead atoms. The lowest BCUT2D eigenvalue weighted by atomic mass is 10.2. The van der Waals surface area contributed by atoms with E-state index in [1.54, 1.807) is 0 Å². The highest BCUT2D eigenvalue weighted by Crippen LogP contribution is 2.20. The average molecular weight is 328 g/mol. The van der Waals surface area contributed by atoms with Crippen LogP contribution in [-0.4, -0.2) is 15.7 Å². The molecule has 2 rings (SSSR count). The summed E-state index contributed by atoms with van der Waals surface area (Å²) in [6.45, 7) is 4.47. The van der Waals surface area contributed by atoms with Gasteiger partial charge in [-0.05, 0) is 35.8 Å². The molecule has 1 amide bonds. The Kier molecular flexibility index (Phi) is 3.87. The molecule has 2 aromatic rings. The minimum absolute atomic E-state index is 0.0559. The van der Waals surface area contributed by atoms with Crippen LogP contribution in [0.1, 0.15) is 27.3 Å². The van der Waals surface area contributed by atoms with Gasteiger partial charge < -0.3 is 5.32 Å². The van der Waals surface area contributed by atoms with Crippen LogP contribution in [0.2, 0.25) is 0 Å². The minimum Gasteiger partial charge on any atom is -0.348 e. The standard InChI is InChI=1S/C12H14BrN3OS/c1-7-10(8(2)16(3)15-7)5-14-12(17)9-4-11(13)18-6-9/h4,6H,5H2,1-3H3,(H,14,17). The molecule has 0 unspecified atom stereocenters. The van der Waals surface area contributed by atoms with Gasteiger partial charge in [0.15, 0.2) is 0 Å². The van der Waals surface area contributed by atoms with Gasteiger partial charge in [-0.25, -0.2) is 0 Å². The van der Waals surface area contributed by atoms with Gasteiger partial charge in [0.25, 0.3) is 5.91 Å². The number of amides is 1. The number of hydrogen-bond donors (Lipinski definition) is 1. The molecule has 0 spiro atoms. The Morgan fingerprint density at radius 2 is 2.28 bits per heavy atom. The van der Waals surface area contributed by atoms with Crippen LogP contribution in [0.25, 0.3) is 0 Å². The number of carbonyl (C=O) groups is 1. The quantitative estimate of drug-likeness (QED) is 0.942. The zero-order chi connectivity index (χ0) is 13.3. The average Bonchev–Trinajstić information content (AvgIpc) is 2.83. The summed E-state index contributed by atoms with van der Waals surface area (Å²) in [6, 6.07) is 1.82. The van der Waals surface area contributed by atoms with Crippen molar-refractivity contribution in [2.75, 3.05) is 0 Å². The van der Waals surface area contributed by atoms with E-state index in [1.807, 2.05) is 37.0 Å². The highest BCUT2D eigenvalue weighted by atomic mass is 79.9. The lowest BCUT2D eigenvalue weighted by Gasteiger charge is -2.04. The minimum atomic E-state index is -0.0559. The fourth-order valence-electron chi connectivity index (χ4n) is 1.77. The summed E-state index contributed by atoms with van der Waals surface area (Å²) in [5, 5.41) is 9.08. The molecule has 18 heavy (non-hydrogen) atoms. The zero-order valence-electron chi connectivity index (χ0n) is 10.5. The molecule has 0 aromatic carbocycles. The Morgan fingerprint density at radius 1 is 1.56 bits per heavy atom. The van der Waals surface area contributed by atoms with Crippen molar-refractivity contribution in [2.24, 2.45) is 7.05 Å². The molecule has 1 N–H and O–H groups in total. The van der Waals surface area contributed by atoms with Crippen molar-refractivity contribution in [1.82, 2.24) is 15.1 Å². The highest BCUT2D eigenvalue weighted by molar-refractivity contribution is 9.11. The van der Waals surface area contributed by atoms with Crippen LogP contribution in [0.15, 0.2) is 15.2 Å². The van der Waals surface area contributed by atoms with Gasteiger partial charge in [0.2, 0.25) is 0 Å². The Balaban J connectivity index is 2.06. The van der Waals surface area contributed by atoms with E-state index in [2.05, 4.69) is 26.3 Å². The summed E-state index contributed by atoms with van der Waals surface area (Å²) in [5.74, 6) is -0.0559. The van der Waals surface area contributed by atoms with Crippen LogP contribution >= 0.6 is 27.3 Å². The number of rotatable bonds is 3. The second kappa shape index (κ2) is 5.24. The van der Waals surface area contributed by atoms with Gasteiger partial charge in [-0.2, -0.15) is 5.10 Å². The smallest absolute Gasteiger partial charge is 0.252 e. The van der Waals surface area contributed by atoms with Gasteiger partial charge in [0, 0.05) is 30.2 Å². The molecule has 96 valence electrons. The molecule has 0 atom stereocenters. The van der Waals surface area contributed by atoms with E-state index >= 15 is 0 Å². The third-order valence-corrected chi connectivity index (χ3v) is 4.42. The summed E-state index contributed by atoms with van der Waals surface area (Å²) in [5.41, 5.74) is 3.81. The Labute approximate surface area is 118 Å². The van der Waals surface area contributed by atoms with E-state index in [9.17, 15) is 4.79 Å². The molecule has 0 radical (unpaired) electrons. The number of aryl methyl sites for hydroxylation is 2. The molecule has 0 aliphatic rings. The molecule has 2 aromatic heterocycles. The Bertz CT molecular complexity index is 588. The van der Waals surface area contributed by atoms with Crippen molar-refractivity contribution in [3.63, 3.8) is 0 Å². The number of halogens is 1. The van der Waals surface area contributed by atoms with Crippen molar-refractivity contribution in [1.29, 1.82) is 0 Å². The first-order chi connectivity index (χ1) is 8.49. The zero-order valence-corrected chi connectivity index (χ0v) is 12.9. The molecule has 0 saturated heterocycles. The fourth-order valence-corrected chi connectivity index (χ4v) is 2.91. The van der Waals surface area contributed by atoms with Crippen LogP contribution in [0, 0.1) is 13.8 Å². The van der Waals surface area contributed by atoms with Gasteiger partial charge in [0.1, 0.15) is 0 Å². The van der Waals surface area contributed by atoms with Crippen molar-refractivity contribution in [3.8, 4) is 0 Å². The SMILES string of the molecule is Cc1nn(C)c(C)c1CNC(=O)c1csc(Br)c1. The molecule has 0 aliphatic heterocycles. The Morgan fingerprint density at radius 3 is 2.78 bits per heavy atom. The maximum atomic E-state index is 11.9. The normalized spacial score (nSPS) is 10.7. The summed E-state index contributed by atoms with van der Waals surface area (Å²) in [7, 11) is 1.91. The number of carbonyl (C=O) groups excluding carboxylic acids is 1. The topological polar surface area (TPSA) is 46.9 Å². The van der Waals surface area contributed by atoms with Gasteiger partial charge in [-0.1, -0.05) is 0 Å². The maximum Gasteiger partial charge on any atom is 0.252 e. The third kappa shape index (κ3) is 2.64. The molecule has 2 heterocycles. The first-order valence-corrected chi connectivity index (χ1v) is 7.17. The molecule has 0 aliphatic carbocycles. The van der Waals surface area contributed by atoms with Crippen LogP contribution in [-0.2, 0) is 13.6 Å². The van der Waals surface area contributed by atoms with E-state index in [-0.39, 0.29) is 5.91 Å².